The monoisotopic (exact) mass is 391 g/mol. The molecule has 0 unspecified atom stereocenters. The first-order valence-corrected chi connectivity index (χ1v) is 10.6. The summed E-state index contributed by atoms with van der Waals surface area (Å²) in [6.07, 6.45) is 12.0. The van der Waals surface area contributed by atoms with E-state index >= 15 is 0 Å². The van der Waals surface area contributed by atoms with Gasteiger partial charge in [0.15, 0.2) is 0 Å². The molecule has 1 aliphatic carbocycles. The number of nitrogens with zero attached hydrogens (tertiary/aromatic N) is 4. The minimum atomic E-state index is 0.0529. The van der Waals surface area contributed by atoms with Crippen molar-refractivity contribution in [1.82, 2.24) is 14.9 Å². The van der Waals surface area contributed by atoms with Crippen molar-refractivity contribution in [1.29, 1.82) is 0 Å². The van der Waals surface area contributed by atoms with Crippen molar-refractivity contribution in [3.8, 4) is 0 Å². The highest BCUT2D eigenvalue weighted by Crippen LogP contribution is 2.20. The van der Waals surface area contributed by atoms with E-state index in [4.69, 9.17) is 0 Å². The maximum absolute atomic E-state index is 12.8. The summed E-state index contributed by atoms with van der Waals surface area (Å²) in [6, 6.07) is 9.71. The number of pyridine rings is 2. The van der Waals surface area contributed by atoms with Gasteiger partial charge in [-0.15, -0.1) is 0 Å². The number of carbonyl (C=O) groups is 1. The van der Waals surface area contributed by atoms with E-state index in [-0.39, 0.29) is 5.91 Å². The molecule has 1 fully saturated rings. The Morgan fingerprint density at radius 3 is 2.62 bits per heavy atom. The van der Waals surface area contributed by atoms with Crippen LogP contribution in [0.3, 0.4) is 0 Å². The van der Waals surface area contributed by atoms with Gasteiger partial charge in [0.1, 0.15) is 11.6 Å². The minimum absolute atomic E-state index is 0.0529. The fourth-order valence-corrected chi connectivity index (χ4v) is 3.97. The fourth-order valence-electron chi connectivity index (χ4n) is 3.97. The van der Waals surface area contributed by atoms with E-state index in [9.17, 15) is 4.79 Å². The minimum Gasteiger partial charge on any atom is -0.370 e. The average Bonchev–Trinajstić information content (AvgIpc) is 2.80. The van der Waals surface area contributed by atoms with Crippen LogP contribution in [0.15, 0.2) is 54.4 Å². The van der Waals surface area contributed by atoms with Crippen LogP contribution in [-0.2, 0) is 0 Å². The standard InChI is InChI=1S/C23H29N5O/c29-23(28-16-14-27(15-17-28)22-8-4-5-12-25-22)20-9-10-21(26-18-20)24-13-11-19-6-2-1-3-7-19/h4-6,8-10,12,18H,1-3,7,11,13-17H2,(H,24,26). The lowest BCUT2D eigenvalue weighted by molar-refractivity contribution is 0.0746. The molecule has 2 aromatic rings. The Labute approximate surface area is 172 Å². The molecular formula is C23H29N5O. The number of anilines is 2. The highest BCUT2D eigenvalue weighted by molar-refractivity contribution is 5.94. The summed E-state index contributed by atoms with van der Waals surface area (Å²) in [5.41, 5.74) is 2.21. The molecule has 6 nitrogen and oxygen atoms in total. The second kappa shape index (κ2) is 9.54. The fraction of sp³-hybridized carbons (Fsp3) is 0.435. The summed E-state index contributed by atoms with van der Waals surface area (Å²) in [7, 11) is 0. The molecule has 152 valence electrons. The van der Waals surface area contributed by atoms with Crippen LogP contribution in [-0.4, -0.2) is 53.5 Å². The summed E-state index contributed by atoms with van der Waals surface area (Å²) in [5.74, 6) is 1.86. The van der Waals surface area contributed by atoms with Gasteiger partial charge in [-0.25, -0.2) is 9.97 Å². The van der Waals surface area contributed by atoms with E-state index in [1.165, 1.54) is 25.7 Å². The van der Waals surface area contributed by atoms with Gasteiger partial charge in [0.25, 0.3) is 5.91 Å². The lowest BCUT2D eigenvalue weighted by Crippen LogP contribution is -2.49. The summed E-state index contributed by atoms with van der Waals surface area (Å²) < 4.78 is 0. The molecule has 1 amide bonds. The molecule has 2 aromatic heterocycles. The molecule has 0 bridgehead atoms. The number of aromatic nitrogens is 2. The molecule has 4 rings (SSSR count). The topological polar surface area (TPSA) is 61.4 Å². The van der Waals surface area contributed by atoms with Gasteiger partial charge in [0, 0.05) is 45.1 Å². The molecule has 0 atom stereocenters. The third kappa shape index (κ3) is 5.13. The zero-order valence-electron chi connectivity index (χ0n) is 16.9. The first-order chi connectivity index (χ1) is 14.3. The van der Waals surface area contributed by atoms with Crippen LogP contribution in [0.1, 0.15) is 42.5 Å². The summed E-state index contributed by atoms with van der Waals surface area (Å²) in [4.78, 5) is 25.8. The van der Waals surface area contributed by atoms with Gasteiger partial charge >= 0.3 is 0 Å². The second-order valence-electron chi connectivity index (χ2n) is 7.68. The van der Waals surface area contributed by atoms with E-state index in [1.807, 2.05) is 35.2 Å². The van der Waals surface area contributed by atoms with Gasteiger partial charge in [-0.2, -0.15) is 0 Å². The highest BCUT2D eigenvalue weighted by Gasteiger charge is 2.23. The largest absolute Gasteiger partial charge is 0.370 e. The SMILES string of the molecule is O=C(c1ccc(NCCC2=CCCCC2)nc1)N1CCN(c2ccccn2)CC1. The van der Waals surface area contributed by atoms with Crippen LogP contribution >= 0.6 is 0 Å². The Hall–Kier alpha value is -2.89. The number of hydrogen-bond donors (Lipinski definition) is 1. The molecular weight excluding hydrogens is 362 g/mol. The Morgan fingerprint density at radius 1 is 1.03 bits per heavy atom. The predicted octanol–water partition coefficient (Wildman–Crippen LogP) is 3.74. The third-order valence-corrected chi connectivity index (χ3v) is 5.69. The van der Waals surface area contributed by atoms with Gasteiger partial charge in [0.2, 0.25) is 0 Å². The molecule has 6 heteroatoms. The molecule has 1 saturated heterocycles. The Balaban J connectivity index is 1.25. The number of hydrogen-bond acceptors (Lipinski definition) is 5. The van der Waals surface area contributed by atoms with Gasteiger partial charge in [-0.05, 0) is 56.4 Å². The van der Waals surface area contributed by atoms with E-state index in [0.29, 0.717) is 18.7 Å². The number of piperazine rings is 1. The van der Waals surface area contributed by atoms with E-state index < -0.39 is 0 Å². The van der Waals surface area contributed by atoms with Crippen molar-refractivity contribution in [2.24, 2.45) is 0 Å². The zero-order valence-corrected chi connectivity index (χ0v) is 16.9. The van der Waals surface area contributed by atoms with Crippen LogP contribution in [0.2, 0.25) is 0 Å². The first-order valence-electron chi connectivity index (χ1n) is 10.6. The predicted molar refractivity (Wildman–Crippen MR) is 116 cm³/mol. The molecule has 0 spiro atoms. The zero-order chi connectivity index (χ0) is 19.9. The summed E-state index contributed by atoms with van der Waals surface area (Å²) >= 11 is 0. The maximum Gasteiger partial charge on any atom is 0.255 e. The molecule has 3 heterocycles. The summed E-state index contributed by atoms with van der Waals surface area (Å²) in [6.45, 7) is 3.88. The molecule has 29 heavy (non-hydrogen) atoms. The molecule has 1 N–H and O–H groups in total. The number of rotatable bonds is 6. The van der Waals surface area contributed by atoms with E-state index in [2.05, 4.69) is 26.3 Å². The molecule has 2 aliphatic rings. The number of amides is 1. The molecule has 0 saturated carbocycles. The summed E-state index contributed by atoms with van der Waals surface area (Å²) in [5, 5.41) is 3.37. The van der Waals surface area contributed by atoms with Crippen LogP contribution in [0.4, 0.5) is 11.6 Å². The molecule has 0 radical (unpaired) electrons. The normalized spacial score (nSPS) is 17.0. The third-order valence-electron chi connectivity index (χ3n) is 5.69. The first kappa shape index (κ1) is 19.4. The number of allylic oxidation sites excluding steroid dienone is 1. The lowest BCUT2D eigenvalue weighted by atomic mass is 9.97. The number of carbonyl (C=O) groups excluding carboxylic acids is 1. The molecule has 1 aliphatic heterocycles. The van der Waals surface area contributed by atoms with Crippen molar-refractivity contribution < 1.29 is 4.79 Å². The van der Waals surface area contributed by atoms with Crippen LogP contribution < -0.4 is 10.2 Å². The van der Waals surface area contributed by atoms with E-state index in [0.717, 1.165) is 37.7 Å². The Bertz CT molecular complexity index is 826. The van der Waals surface area contributed by atoms with E-state index in [1.54, 1.807) is 18.0 Å². The van der Waals surface area contributed by atoms with Crippen molar-refractivity contribution in [3.05, 3.63) is 59.9 Å². The van der Waals surface area contributed by atoms with Crippen LogP contribution in [0, 0.1) is 0 Å². The number of nitrogens with one attached hydrogen (secondary N) is 1. The van der Waals surface area contributed by atoms with Gasteiger partial charge in [0.05, 0.1) is 5.56 Å². The van der Waals surface area contributed by atoms with Crippen molar-refractivity contribution >= 4 is 17.5 Å². The quantitative estimate of drug-likeness (QED) is 0.760. The maximum atomic E-state index is 12.8. The van der Waals surface area contributed by atoms with Gasteiger partial charge in [-0.1, -0.05) is 17.7 Å². The van der Waals surface area contributed by atoms with Gasteiger partial charge in [-0.3, -0.25) is 4.79 Å². The second-order valence-corrected chi connectivity index (χ2v) is 7.68. The Morgan fingerprint density at radius 2 is 1.93 bits per heavy atom. The van der Waals surface area contributed by atoms with Crippen LogP contribution in [0.25, 0.3) is 0 Å². The van der Waals surface area contributed by atoms with Gasteiger partial charge < -0.3 is 15.1 Å². The van der Waals surface area contributed by atoms with Crippen LogP contribution in [0.5, 0.6) is 0 Å². The highest BCUT2D eigenvalue weighted by atomic mass is 16.2. The lowest BCUT2D eigenvalue weighted by Gasteiger charge is -2.35. The molecule has 0 aromatic carbocycles. The van der Waals surface area contributed by atoms with Crippen molar-refractivity contribution in [3.63, 3.8) is 0 Å². The Kier molecular flexibility index (Phi) is 6.39. The van der Waals surface area contributed by atoms with Crippen molar-refractivity contribution in [2.45, 2.75) is 32.1 Å². The average molecular weight is 392 g/mol. The van der Waals surface area contributed by atoms with Crippen molar-refractivity contribution in [2.75, 3.05) is 42.9 Å². The smallest absolute Gasteiger partial charge is 0.255 e.